The van der Waals surface area contributed by atoms with Gasteiger partial charge in [0.25, 0.3) is 5.91 Å². The van der Waals surface area contributed by atoms with Crippen LogP contribution in [0.3, 0.4) is 0 Å². The van der Waals surface area contributed by atoms with Gasteiger partial charge in [-0.3, -0.25) is 14.2 Å². The molecular formula is C17H16N4O2. The summed E-state index contributed by atoms with van der Waals surface area (Å²) in [5.41, 5.74) is 2.31. The van der Waals surface area contributed by atoms with Crippen LogP contribution in [0.1, 0.15) is 23.5 Å². The summed E-state index contributed by atoms with van der Waals surface area (Å²) in [5.74, 6) is 0.926. The monoisotopic (exact) mass is 308 g/mol. The first-order chi connectivity index (χ1) is 11.3. The number of nitrogens with zero attached hydrogens (tertiary/aromatic N) is 3. The van der Waals surface area contributed by atoms with Gasteiger partial charge in [-0.15, -0.1) is 0 Å². The number of benzene rings is 1. The van der Waals surface area contributed by atoms with E-state index >= 15 is 0 Å². The molecule has 0 saturated heterocycles. The lowest BCUT2D eigenvalue weighted by Gasteiger charge is -2.05. The van der Waals surface area contributed by atoms with E-state index in [-0.39, 0.29) is 11.9 Å². The highest BCUT2D eigenvalue weighted by Crippen LogP contribution is 2.32. The average molecular weight is 308 g/mol. The maximum atomic E-state index is 12.5. The van der Waals surface area contributed by atoms with E-state index < -0.39 is 0 Å². The van der Waals surface area contributed by atoms with Crippen LogP contribution in [-0.4, -0.2) is 33.4 Å². The molecule has 0 aliphatic heterocycles. The van der Waals surface area contributed by atoms with Crippen LogP contribution in [0.25, 0.3) is 16.8 Å². The van der Waals surface area contributed by atoms with Gasteiger partial charge in [0, 0.05) is 24.0 Å². The highest BCUT2D eigenvalue weighted by molar-refractivity contribution is 5.95. The molecule has 0 spiro atoms. The molecule has 2 heterocycles. The number of imidazole rings is 1. The van der Waals surface area contributed by atoms with Crippen molar-refractivity contribution in [2.45, 2.75) is 18.9 Å². The molecule has 0 unspecified atom stereocenters. The number of nitrogens with one attached hydrogen (secondary N) is 1. The fourth-order valence-electron chi connectivity index (χ4n) is 2.61. The summed E-state index contributed by atoms with van der Waals surface area (Å²) in [6.45, 7) is 0. The molecule has 1 amide bonds. The van der Waals surface area contributed by atoms with Gasteiger partial charge in [0.15, 0.2) is 0 Å². The minimum atomic E-state index is -0.158. The van der Waals surface area contributed by atoms with E-state index in [0.29, 0.717) is 17.3 Å². The van der Waals surface area contributed by atoms with E-state index in [4.69, 9.17) is 4.74 Å². The molecule has 3 aromatic rings. The predicted molar refractivity (Wildman–Crippen MR) is 85.5 cm³/mol. The molecule has 0 bridgehead atoms. The molecular weight excluding hydrogens is 292 g/mol. The summed E-state index contributed by atoms with van der Waals surface area (Å²) in [6, 6.07) is 7.91. The Kier molecular flexibility index (Phi) is 3.22. The second kappa shape index (κ2) is 5.39. The Morgan fingerprint density at radius 2 is 2.17 bits per heavy atom. The smallest absolute Gasteiger partial charge is 0.287 e. The van der Waals surface area contributed by atoms with Crippen molar-refractivity contribution in [3.8, 4) is 17.0 Å². The number of methoxy groups -OCH3 is 1. The second-order valence-electron chi connectivity index (χ2n) is 5.56. The Morgan fingerprint density at radius 3 is 2.96 bits per heavy atom. The molecule has 1 fully saturated rings. The molecule has 1 N–H and O–H groups in total. The first kappa shape index (κ1) is 13.8. The molecule has 0 atom stereocenters. The fourth-order valence-corrected chi connectivity index (χ4v) is 2.61. The molecule has 6 heteroatoms. The third-order valence-electron chi connectivity index (χ3n) is 3.92. The molecule has 1 saturated carbocycles. The number of carbonyl (C=O) groups excluding carboxylic acids is 1. The summed E-state index contributed by atoms with van der Waals surface area (Å²) >= 11 is 0. The van der Waals surface area contributed by atoms with Crippen molar-refractivity contribution >= 4 is 11.4 Å². The fraction of sp³-hybridized carbons (Fsp3) is 0.235. The van der Waals surface area contributed by atoms with E-state index in [2.05, 4.69) is 15.3 Å². The van der Waals surface area contributed by atoms with Crippen LogP contribution in [0, 0.1) is 0 Å². The summed E-state index contributed by atoms with van der Waals surface area (Å²) < 4.78 is 7.19. The van der Waals surface area contributed by atoms with Gasteiger partial charge in [0.1, 0.15) is 11.4 Å². The zero-order valence-electron chi connectivity index (χ0n) is 12.7. The van der Waals surface area contributed by atoms with Crippen molar-refractivity contribution in [2.75, 3.05) is 7.11 Å². The highest BCUT2D eigenvalue weighted by atomic mass is 16.5. The summed E-state index contributed by atoms with van der Waals surface area (Å²) in [5, 5.41) is 2.98. The lowest BCUT2D eigenvalue weighted by Crippen LogP contribution is -2.27. The van der Waals surface area contributed by atoms with Gasteiger partial charge in [-0.25, -0.2) is 4.98 Å². The largest absolute Gasteiger partial charge is 0.496 e. The third kappa shape index (κ3) is 2.42. The van der Waals surface area contributed by atoms with Crippen molar-refractivity contribution in [1.82, 2.24) is 19.7 Å². The molecule has 116 valence electrons. The Balaban J connectivity index is 1.88. The second-order valence-corrected chi connectivity index (χ2v) is 5.56. The van der Waals surface area contributed by atoms with Crippen LogP contribution >= 0.6 is 0 Å². The van der Waals surface area contributed by atoms with Gasteiger partial charge in [0.2, 0.25) is 5.82 Å². The minimum Gasteiger partial charge on any atom is -0.496 e. The molecule has 4 rings (SSSR count). The van der Waals surface area contributed by atoms with Crippen LogP contribution < -0.4 is 10.1 Å². The topological polar surface area (TPSA) is 68.5 Å². The first-order valence-electron chi connectivity index (χ1n) is 7.54. The Labute approximate surface area is 133 Å². The molecule has 0 radical (unpaired) electrons. The number of para-hydroxylation sites is 1. The quantitative estimate of drug-likeness (QED) is 0.803. The van der Waals surface area contributed by atoms with Gasteiger partial charge in [-0.05, 0) is 25.0 Å². The van der Waals surface area contributed by atoms with E-state index in [9.17, 15) is 4.79 Å². The maximum Gasteiger partial charge on any atom is 0.287 e. The minimum absolute atomic E-state index is 0.158. The van der Waals surface area contributed by atoms with Gasteiger partial charge in [-0.2, -0.15) is 0 Å². The van der Waals surface area contributed by atoms with E-state index in [1.807, 2.05) is 24.3 Å². The molecule has 23 heavy (non-hydrogen) atoms. The Morgan fingerprint density at radius 1 is 1.35 bits per heavy atom. The summed E-state index contributed by atoms with van der Waals surface area (Å²) in [6.07, 6.45) is 7.19. The van der Waals surface area contributed by atoms with E-state index in [1.165, 1.54) is 0 Å². The zero-order valence-corrected chi connectivity index (χ0v) is 12.7. The van der Waals surface area contributed by atoms with Crippen LogP contribution in [-0.2, 0) is 0 Å². The van der Waals surface area contributed by atoms with Gasteiger partial charge in [0.05, 0.1) is 18.8 Å². The average Bonchev–Trinajstić information content (AvgIpc) is 3.32. The molecule has 6 nitrogen and oxygen atoms in total. The van der Waals surface area contributed by atoms with Crippen LogP contribution in [0.2, 0.25) is 0 Å². The number of amides is 1. The van der Waals surface area contributed by atoms with Crippen LogP contribution in [0.4, 0.5) is 0 Å². The number of hydrogen-bond donors (Lipinski definition) is 1. The predicted octanol–water partition coefficient (Wildman–Crippen LogP) is 2.30. The SMILES string of the molecule is COc1ccccc1-c1nc(C(=O)NC2CC2)n2ccncc12. The van der Waals surface area contributed by atoms with Crippen LogP contribution in [0.5, 0.6) is 5.75 Å². The Hall–Kier alpha value is -2.89. The normalized spacial score (nSPS) is 14.0. The number of ether oxygens (including phenoxy) is 1. The number of rotatable bonds is 4. The number of fused-ring (bicyclic) bond motifs is 1. The Bertz CT molecular complexity index is 883. The molecule has 1 aromatic carbocycles. The van der Waals surface area contributed by atoms with Gasteiger partial charge >= 0.3 is 0 Å². The van der Waals surface area contributed by atoms with Gasteiger partial charge < -0.3 is 10.1 Å². The number of hydrogen-bond acceptors (Lipinski definition) is 4. The van der Waals surface area contributed by atoms with Crippen molar-refractivity contribution in [3.05, 3.63) is 48.7 Å². The van der Waals surface area contributed by atoms with Crippen molar-refractivity contribution < 1.29 is 9.53 Å². The highest BCUT2D eigenvalue weighted by Gasteiger charge is 2.27. The number of aromatic nitrogens is 3. The molecule has 2 aromatic heterocycles. The number of carbonyl (C=O) groups is 1. The van der Waals surface area contributed by atoms with Crippen molar-refractivity contribution in [1.29, 1.82) is 0 Å². The summed E-state index contributed by atoms with van der Waals surface area (Å²) in [4.78, 5) is 21.2. The lowest BCUT2D eigenvalue weighted by molar-refractivity contribution is 0.0940. The third-order valence-corrected chi connectivity index (χ3v) is 3.92. The van der Waals surface area contributed by atoms with Crippen molar-refractivity contribution in [3.63, 3.8) is 0 Å². The maximum absolute atomic E-state index is 12.5. The van der Waals surface area contributed by atoms with Crippen molar-refractivity contribution in [2.24, 2.45) is 0 Å². The van der Waals surface area contributed by atoms with E-state index in [1.54, 1.807) is 30.1 Å². The van der Waals surface area contributed by atoms with Crippen LogP contribution in [0.15, 0.2) is 42.9 Å². The van der Waals surface area contributed by atoms with E-state index in [0.717, 1.165) is 23.9 Å². The zero-order chi connectivity index (χ0) is 15.8. The lowest BCUT2D eigenvalue weighted by atomic mass is 10.1. The molecule has 1 aliphatic carbocycles. The first-order valence-corrected chi connectivity index (χ1v) is 7.54. The summed E-state index contributed by atoms with van der Waals surface area (Å²) in [7, 11) is 1.62. The molecule has 1 aliphatic rings. The van der Waals surface area contributed by atoms with Gasteiger partial charge in [-0.1, -0.05) is 12.1 Å². The standard InChI is InChI=1S/C17H16N4O2/c1-23-14-5-3-2-4-12(14)15-13-10-18-8-9-21(13)16(20-15)17(22)19-11-6-7-11/h2-5,8-11H,6-7H2,1H3,(H,19,22).